The Hall–Kier alpha value is -2.99. The van der Waals surface area contributed by atoms with E-state index in [1.165, 1.54) is 5.56 Å². The standard InChI is InChI=1S/C24H28N6/c25-19-9-11-20(12-10-19)27-24-26-15-14-22(29-24)30-16-4-7-18-8-13-21(28-23(18)30)17-5-2-1-3-6-17/h1-3,5-6,8,13-15,19-20H,4,7,9-12,16,25H2,(H,26,27,29). The summed E-state index contributed by atoms with van der Waals surface area (Å²) < 4.78 is 0. The maximum Gasteiger partial charge on any atom is 0.224 e. The van der Waals surface area contributed by atoms with Crippen molar-refractivity contribution < 1.29 is 0 Å². The van der Waals surface area contributed by atoms with E-state index >= 15 is 0 Å². The molecule has 5 rings (SSSR count). The van der Waals surface area contributed by atoms with Crippen molar-refractivity contribution in [2.45, 2.75) is 50.6 Å². The fraction of sp³-hybridized carbons (Fsp3) is 0.375. The lowest BCUT2D eigenvalue weighted by atomic mass is 9.92. The fourth-order valence-corrected chi connectivity index (χ4v) is 4.45. The first kappa shape index (κ1) is 19.0. The van der Waals surface area contributed by atoms with Crippen molar-refractivity contribution in [2.75, 3.05) is 16.8 Å². The maximum absolute atomic E-state index is 6.04. The van der Waals surface area contributed by atoms with Gasteiger partial charge in [0.15, 0.2) is 0 Å². The van der Waals surface area contributed by atoms with Crippen LogP contribution in [0.3, 0.4) is 0 Å². The third-order valence-electron chi connectivity index (χ3n) is 6.13. The molecule has 6 heteroatoms. The van der Waals surface area contributed by atoms with Gasteiger partial charge < -0.3 is 16.0 Å². The summed E-state index contributed by atoms with van der Waals surface area (Å²) in [5.41, 5.74) is 9.44. The summed E-state index contributed by atoms with van der Waals surface area (Å²) in [6.45, 7) is 0.910. The maximum atomic E-state index is 6.04. The van der Waals surface area contributed by atoms with Gasteiger partial charge in [-0.25, -0.2) is 9.97 Å². The number of hydrogen-bond acceptors (Lipinski definition) is 6. The van der Waals surface area contributed by atoms with Crippen molar-refractivity contribution in [3.63, 3.8) is 0 Å². The van der Waals surface area contributed by atoms with Crippen LogP contribution in [-0.4, -0.2) is 33.6 Å². The fourth-order valence-electron chi connectivity index (χ4n) is 4.45. The second-order valence-electron chi connectivity index (χ2n) is 8.29. The van der Waals surface area contributed by atoms with E-state index in [1.807, 2.05) is 18.3 Å². The van der Waals surface area contributed by atoms with Gasteiger partial charge in [0.1, 0.15) is 11.6 Å². The van der Waals surface area contributed by atoms with E-state index < -0.39 is 0 Å². The van der Waals surface area contributed by atoms with Crippen LogP contribution in [0.2, 0.25) is 0 Å². The smallest absolute Gasteiger partial charge is 0.224 e. The molecule has 3 aromatic rings. The monoisotopic (exact) mass is 400 g/mol. The summed E-state index contributed by atoms with van der Waals surface area (Å²) in [5.74, 6) is 2.61. The van der Waals surface area contributed by atoms with Crippen LogP contribution in [-0.2, 0) is 6.42 Å². The normalized spacial score (nSPS) is 21.2. The summed E-state index contributed by atoms with van der Waals surface area (Å²) in [5, 5.41) is 3.52. The molecule has 0 saturated heterocycles. The van der Waals surface area contributed by atoms with Crippen molar-refractivity contribution in [2.24, 2.45) is 5.73 Å². The van der Waals surface area contributed by atoms with Gasteiger partial charge in [-0.1, -0.05) is 36.4 Å². The second kappa shape index (κ2) is 8.40. The van der Waals surface area contributed by atoms with Crippen molar-refractivity contribution in [1.29, 1.82) is 0 Å². The first-order valence-corrected chi connectivity index (χ1v) is 10.9. The summed E-state index contributed by atoms with van der Waals surface area (Å²) in [6, 6.07) is 17.4. The van der Waals surface area contributed by atoms with Crippen LogP contribution in [0.4, 0.5) is 17.6 Å². The van der Waals surface area contributed by atoms with Gasteiger partial charge in [-0.3, -0.25) is 0 Å². The number of benzene rings is 1. The average Bonchev–Trinajstić information content (AvgIpc) is 2.81. The van der Waals surface area contributed by atoms with Crippen molar-refractivity contribution >= 4 is 17.6 Å². The first-order chi connectivity index (χ1) is 14.8. The van der Waals surface area contributed by atoms with Crippen LogP contribution in [0, 0.1) is 0 Å². The molecule has 3 heterocycles. The number of hydrogen-bond donors (Lipinski definition) is 2. The Balaban J connectivity index is 1.42. The third kappa shape index (κ3) is 4.00. The molecule has 154 valence electrons. The highest BCUT2D eigenvalue weighted by Gasteiger charge is 2.23. The van der Waals surface area contributed by atoms with Gasteiger partial charge in [-0.2, -0.15) is 4.98 Å². The summed E-state index contributed by atoms with van der Waals surface area (Å²) in [7, 11) is 0. The molecule has 2 aliphatic rings. The van der Waals surface area contributed by atoms with Gasteiger partial charge in [0, 0.05) is 30.4 Å². The minimum atomic E-state index is 0.338. The lowest BCUT2D eigenvalue weighted by Gasteiger charge is -2.30. The molecule has 30 heavy (non-hydrogen) atoms. The molecule has 0 spiro atoms. The van der Waals surface area contributed by atoms with E-state index in [1.54, 1.807) is 0 Å². The van der Waals surface area contributed by atoms with E-state index in [9.17, 15) is 0 Å². The Bertz CT molecular complexity index is 998. The van der Waals surface area contributed by atoms with Crippen LogP contribution >= 0.6 is 0 Å². The molecule has 6 nitrogen and oxygen atoms in total. The Labute approximate surface area is 177 Å². The molecule has 0 bridgehead atoms. The number of fused-ring (bicyclic) bond motifs is 1. The number of aromatic nitrogens is 3. The van der Waals surface area contributed by atoms with E-state index in [4.69, 9.17) is 15.7 Å². The van der Waals surface area contributed by atoms with Gasteiger partial charge in [0.05, 0.1) is 5.69 Å². The highest BCUT2D eigenvalue weighted by Crippen LogP contribution is 2.33. The topological polar surface area (TPSA) is 80.0 Å². The molecular formula is C24H28N6. The minimum absolute atomic E-state index is 0.338. The number of anilines is 3. The van der Waals surface area contributed by atoms with Gasteiger partial charge in [-0.05, 0) is 56.2 Å². The predicted molar refractivity (Wildman–Crippen MR) is 121 cm³/mol. The molecule has 0 amide bonds. The zero-order valence-corrected chi connectivity index (χ0v) is 17.2. The molecule has 0 radical (unpaired) electrons. The zero-order chi connectivity index (χ0) is 20.3. The first-order valence-electron chi connectivity index (χ1n) is 10.9. The molecular weight excluding hydrogens is 372 g/mol. The van der Waals surface area contributed by atoms with Gasteiger partial charge in [0.25, 0.3) is 0 Å². The average molecular weight is 401 g/mol. The molecule has 1 fully saturated rings. The molecule has 1 saturated carbocycles. The third-order valence-corrected chi connectivity index (χ3v) is 6.13. The van der Waals surface area contributed by atoms with E-state index in [0.717, 1.165) is 68.0 Å². The van der Waals surface area contributed by atoms with Crippen molar-refractivity contribution in [3.8, 4) is 11.3 Å². The zero-order valence-electron chi connectivity index (χ0n) is 17.2. The highest BCUT2D eigenvalue weighted by atomic mass is 15.3. The van der Waals surface area contributed by atoms with Crippen molar-refractivity contribution in [1.82, 2.24) is 15.0 Å². The number of pyridine rings is 1. The van der Waals surface area contributed by atoms with Crippen LogP contribution in [0.15, 0.2) is 54.7 Å². The van der Waals surface area contributed by atoms with Gasteiger partial charge >= 0.3 is 0 Å². The largest absolute Gasteiger partial charge is 0.351 e. The van der Waals surface area contributed by atoms with Crippen molar-refractivity contribution in [3.05, 3.63) is 60.3 Å². The van der Waals surface area contributed by atoms with Crippen LogP contribution < -0.4 is 16.0 Å². The molecule has 2 aromatic heterocycles. The molecule has 0 atom stereocenters. The molecule has 1 aromatic carbocycles. The number of rotatable bonds is 4. The Morgan fingerprint density at radius 2 is 1.77 bits per heavy atom. The molecule has 0 unspecified atom stereocenters. The Morgan fingerprint density at radius 3 is 2.60 bits per heavy atom. The van der Waals surface area contributed by atoms with Crippen LogP contribution in [0.25, 0.3) is 11.3 Å². The van der Waals surface area contributed by atoms with Crippen LogP contribution in [0.1, 0.15) is 37.7 Å². The highest BCUT2D eigenvalue weighted by molar-refractivity contribution is 5.68. The van der Waals surface area contributed by atoms with E-state index in [2.05, 4.69) is 51.6 Å². The van der Waals surface area contributed by atoms with Crippen LogP contribution in [0.5, 0.6) is 0 Å². The molecule has 3 N–H and O–H groups in total. The SMILES string of the molecule is NC1CCC(Nc2nccc(N3CCCc4ccc(-c5ccccc5)nc43)n2)CC1. The van der Waals surface area contributed by atoms with E-state index in [-0.39, 0.29) is 0 Å². The number of nitrogens with one attached hydrogen (secondary N) is 1. The number of nitrogens with zero attached hydrogens (tertiary/aromatic N) is 4. The number of aryl methyl sites for hydroxylation is 1. The number of nitrogens with two attached hydrogens (primary N) is 1. The Morgan fingerprint density at radius 1 is 0.933 bits per heavy atom. The van der Waals surface area contributed by atoms with E-state index in [0.29, 0.717) is 18.0 Å². The lowest BCUT2D eigenvalue weighted by molar-refractivity contribution is 0.410. The minimum Gasteiger partial charge on any atom is -0.351 e. The quantitative estimate of drug-likeness (QED) is 0.679. The Kier molecular flexibility index (Phi) is 5.32. The summed E-state index contributed by atoms with van der Waals surface area (Å²) in [4.78, 5) is 16.6. The van der Waals surface area contributed by atoms with Gasteiger partial charge in [-0.15, -0.1) is 0 Å². The lowest BCUT2D eigenvalue weighted by Crippen LogP contribution is -2.33. The molecule has 1 aliphatic heterocycles. The van der Waals surface area contributed by atoms with Gasteiger partial charge in [0.2, 0.25) is 5.95 Å². The predicted octanol–water partition coefficient (Wildman–Crippen LogP) is 4.30. The summed E-state index contributed by atoms with van der Waals surface area (Å²) >= 11 is 0. The molecule has 1 aliphatic carbocycles. The second-order valence-corrected chi connectivity index (χ2v) is 8.29. The summed E-state index contributed by atoms with van der Waals surface area (Å²) in [6.07, 6.45) is 8.24.